The van der Waals surface area contributed by atoms with E-state index in [4.69, 9.17) is 10.5 Å². The lowest BCUT2D eigenvalue weighted by Gasteiger charge is -2.69. The molecule has 6 fully saturated rings. The maximum atomic E-state index is 14.9. The van der Waals surface area contributed by atoms with Gasteiger partial charge in [0.25, 0.3) is 0 Å². The van der Waals surface area contributed by atoms with Crippen LogP contribution in [-0.4, -0.2) is 50.8 Å². The molecule has 0 spiro atoms. The van der Waals surface area contributed by atoms with Crippen LogP contribution in [0.15, 0.2) is 59.7 Å². The van der Waals surface area contributed by atoms with Crippen molar-refractivity contribution in [3.05, 3.63) is 70.8 Å². The van der Waals surface area contributed by atoms with Gasteiger partial charge in [-0.05, 0) is 146 Å². The number of phenolic OH excluding ortho intramolecular Hbond substituents is 1. The van der Waals surface area contributed by atoms with E-state index in [9.17, 15) is 24.9 Å². The highest BCUT2D eigenvalue weighted by Gasteiger charge is 2.71. The summed E-state index contributed by atoms with van der Waals surface area (Å²) < 4.78 is 6.62. The monoisotopic (exact) mass is 792 g/mol. The minimum Gasteiger partial charge on any atom is -0.508 e. The van der Waals surface area contributed by atoms with E-state index in [1.165, 1.54) is 17.6 Å². The lowest BCUT2D eigenvalue weighted by atomic mass is 9.35. The molecule has 1 aliphatic heterocycles. The number of nitrogen functional groups attached to an aromatic ring is 1. The molecule has 2 aromatic rings. The summed E-state index contributed by atoms with van der Waals surface area (Å²) in [6, 6.07) is 15.5. The quantitative estimate of drug-likeness (QED) is 0.155. The van der Waals surface area contributed by atoms with Crippen molar-refractivity contribution in [1.82, 2.24) is 0 Å². The highest BCUT2D eigenvalue weighted by Crippen LogP contribution is 2.75. The molecule has 5 N–H and O–H groups in total. The summed E-state index contributed by atoms with van der Waals surface area (Å²) in [5, 5.41) is 35.1. The Hall–Kier alpha value is -3.00. The van der Waals surface area contributed by atoms with Gasteiger partial charge in [0.05, 0.1) is 17.8 Å². The van der Waals surface area contributed by atoms with E-state index in [1.807, 2.05) is 38.1 Å². The number of carbonyl (C=O) groups excluding carboxylic acids is 2. The molecule has 0 aromatic heterocycles. The van der Waals surface area contributed by atoms with E-state index < -0.39 is 28.6 Å². The number of carbonyl (C=O) groups is 2. The fourth-order valence-electron chi connectivity index (χ4n) is 16.0. The van der Waals surface area contributed by atoms with Crippen molar-refractivity contribution in [1.29, 1.82) is 0 Å². The molecule has 9 rings (SSSR count). The van der Waals surface area contributed by atoms with Crippen molar-refractivity contribution in [3.8, 4) is 5.75 Å². The van der Waals surface area contributed by atoms with Crippen LogP contribution in [0.2, 0.25) is 0 Å². The van der Waals surface area contributed by atoms with Gasteiger partial charge in [-0.2, -0.15) is 0 Å². The minimum atomic E-state index is -0.758. The van der Waals surface area contributed by atoms with Gasteiger partial charge in [0.2, 0.25) is 0 Å². The number of nitrogens with two attached hydrogens (primary N) is 1. The fourth-order valence-corrected chi connectivity index (χ4v) is 16.0. The fraction of sp³-hybridized carbons (Fsp3) is 0.686. The molecule has 5 saturated carbocycles. The summed E-state index contributed by atoms with van der Waals surface area (Å²) in [7, 11) is 0. The highest BCUT2D eigenvalue weighted by molar-refractivity contribution is 6.01. The summed E-state index contributed by atoms with van der Waals surface area (Å²) in [4.78, 5) is 29.3. The predicted octanol–water partition coefficient (Wildman–Crippen LogP) is 9.82. The molecule has 1 saturated heterocycles. The predicted molar refractivity (Wildman–Crippen MR) is 227 cm³/mol. The second kappa shape index (κ2) is 14.0. The van der Waals surface area contributed by atoms with Crippen molar-refractivity contribution in [2.75, 3.05) is 5.73 Å². The minimum absolute atomic E-state index is 0.0141. The first kappa shape index (κ1) is 40.4. The van der Waals surface area contributed by atoms with Crippen molar-refractivity contribution < 1.29 is 29.6 Å². The third-order valence-electron chi connectivity index (χ3n) is 18.6. The lowest BCUT2D eigenvalue weighted by Crippen LogP contribution is -2.67. The summed E-state index contributed by atoms with van der Waals surface area (Å²) in [5.41, 5.74) is 9.10. The third kappa shape index (κ3) is 5.97. The van der Waals surface area contributed by atoms with Crippen molar-refractivity contribution in [3.63, 3.8) is 0 Å². The Morgan fingerprint density at radius 3 is 2.31 bits per heavy atom. The van der Waals surface area contributed by atoms with Crippen LogP contribution in [0, 0.1) is 51.2 Å². The van der Waals surface area contributed by atoms with Gasteiger partial charge in [0.1, 0.15) is 17.6 Å². The maximum absolute atomic E-state index is 14.9. The van der Waals surface area contributed by atoms with Gasteiger partial charge in [-0.1, -0.05) is 90.1 Å². The SMILES string of the molecule is CC1(C)C(=O)[C@H](c2cccc(O)c2)C[C@@]2(C)[C@H]3CCC4=C([C@@H](C[C@@H](O)[C@@H]5O[C@]5(C)[C@H]5CCC[C@H]5c5cccc(N)c5)C5CCCCC5)C(=O)C[C@]4(C)[C@]3(C)C[C@H](O)[C@@H]12. The number of hydrogen-bond donors (Lipinski definition) is 4. The molecular weight excluding hydrogens is 723 g/mol. The van der Waals surface area contributed by atoms with Crippen molar-refractivity contribution in [2.24, 2.45) is 51.2 Å². The molecule has 58 heavy (non-hydrogen) atoms. The molecule has 314 valence electrons. The molecule has 0 unspecified atom stereocenters. The number of Topliss-reactive ketones (excluding diaryl/α,β-unsaturated/α-hetero) is 2. The molecule has 0 radical (unpaired) electrons. The summed E-state index contributed by atoms with van der Waals surface area (Å²) >= 11 is 0. The Labute approximate surface area is 346 Å². The number of phenols is 1. The number of epoxide rings is 1. The average Bonchev–Trinajstić information content (AvgIpc) is 3.48. The number of aliphatic hydroxyl groups is 2. The smallest absolute Gasteiger partial charge is 0.160 e. The molecule has 7 heteroatoms. The van der Waals surface area contributed by atoms with Gasteiger partial charge < -0.3 is 25.8 Å². The van der Waals surface area contributed by atoms with Crippen LogP contribution in [0.4, 0.5) is 5.69 Å². The van der Waals surface area contributed by atoms with Crippen LogP contribution >= 0.6 is 0 Å². The molecule has 6 aliphatic carbocycles. The number of benzene rings is 2. The van der Waals surface area contributed by atoms with Gasteiger partial charge in [-0.15, -0.1) is 0 Å². The number of rotatable bonds is 8. The Kier molecular flexibility index (Phi) is 9.77. The van der Waals surface area contributed by atoms with Gasteiger partial charge in [-0.3, -0.25) is 9.59 Å². The summed E-state index contributed by atoms with van der Waals surface area (Å²) in [5.74, 6) is 1.17. The van der Waals surface area contributed by atoms with Crippen LogP contribution in [-0.2, 0) is 14.3 Å². The van der Waals surface area contributed by atoms with Crippen LogP contribution in [0.1, 0.15) is 154 Å². The topological polar surface area (TPSA) is 133 Å². The van der Waals surface area contributed by atoms with E-state index in [0.717, 1.165) is 74.6 Å². The molecule has 2 aromatic carbocycles. The van der Waals surface area contributed by atoms with Gasteiger partial charge in [-0.25, -0.2) is 0 Å². The average molecular weight is 792 g/mol. The van der Waals surface area contributed by atoms with E-state index in [1.54, 1.807) is 12.1 Å². The normalized spacial score (nSPS) is 42.1. The standard InChI is InChI=1S/C51H69NO6/c1-47(2)44-41(56)28-50(5)42(48(44,3)26-36(45(47)57)31-16-11-18-33(53)24-31)22-21-38-43(40(55)27-49(38,50)4)35(29-13-8-7-9-14-29)25-39(54)46-51(6,58-46)37-20-12-19-34(37)30-15-10-17-32(52)23-30/h10-11,15-18,23-24,29,34-37,39,41-42,44,46,53-54,56H,7-9,12-14,19-22,25-28,52H2,1-6H3/t34-,35-,36-,37-,39+,41-,42+,44-,46-,48-,49-,50+,51+/m0/s1. The number of fused-ring (bicyclic) bond motifs is 5. The van der Waals surface area contributed by atoms with Crippen molar-refractivity contribution >= 4 is 17.3 Å². The largest absolute Gasteiger partial charge is 0.508 e. The Balaban J connectivity index is 1.04. The number of hydrogen-bond acceptors (Lipinski definition) is 7. The first-order valence-corrected chi connectivity index (χ1v) is 22.9. The van der Waals surface area contributed by atoms with Crippen LogP contribution in [0.25, 0.3) is 0 Å². The summed E-state index contributed by atoms with van der Waals surface area (Å²) in [6.45, 7) is 13.3. The van der Waals surface area contributed by atoms with E-state index in [0.29, 0.717) is 43.4 Å². The zero-order valence-electron chi connectivity index (χ0n) is 35.9. The van der Waals surface area contributed by atoms with Crippen LogP contribution in [0.5, 0.6) is 5.75 Å². The van der Waals surface area contributed by atoms with Crippen LogP contribution < -0.4 is 5.73 Å². The molecule has 1 heterocycles. The molecular formula is C51H69NO6. The maximum Gasteiger partial charge on any atom is 0.160 e. The lowest BCUT2D eigenvalue weighted by molar-refractivity contribution is -0.219. The van der Waals surface area contributed by atoms with Crippen LogP contribution in [0.3, 0.4) is 0 Å². The number of anilines is 1. The van der Waals surface area contributed by atoms with Gasteiger partial charge >= 0.3 is 0 Å². The number of ether oxygens (including phenoxy) is 1. The van der Waals surface area contributed by atoms with Crippen molar-refractivity contribution in [2.45, 2.75) is 167 Å². The summed E-state index contributed by atoms with van der Waals surface area (Å²) in [6.07, 6.45) is 11.3. The zero-order chi connectivity index (χ0) is 41.2. The molecule has 0 bridgehead atoms. The Morgan fingerprint density at radius 2 is 1.59 bits per heavy atom. The highest BCUT2D eigenvalue weighted by atomic mass is 16.6. The van der Waals surface area contributed by atoms with E-state index in [-0.39, 0.29) is 57.9 Å². The third-order valence-corrected chi connectivity index (χ3v) is 18.6. The molecule has 7 nitrogen and oxygen atoms in total. The molecule has 13 atom stereocenters. The second-order valence-corrected chi connectivity index (χ2v) is 21.9. The first-order valence-electron chi connectivity index (χ1n) is 22.9. The van der Waals surface area contributed by atoms with E-state index >= 15 is 0 Å². The first-order chi connectivity index (χ1) is 27.4. The Morgan fingerprint density at radius 1 is 0.862 bits per heavy atom. The Bertz CT molecular complexity index is 2000. The van der Waals surface area contributed by atoms with Gasteiger partial charge in [0.15, 0.2) is 5.78 Å². The van der Waals surface area contributed by atoms with E-state index in [2.05, 4.69) is 39.8 Å². The number of aliphatic hydroxyl groups excluding tert-OH is 2. The second-order valence-electron chi connectivity index (χ2n) is 21.9. The molecule has 7 aliphatic rings. The number of aromatic hydroxyl groups is 1. The number of allylic oxidation sites excluding steroid dienone is 2. The van der Waals surface area contributed by atoms with Gasteiger partial charge in [0, 0.05) is 34.8 Å². The molecule has 0 amide bonds. The zero-order valence-corrected chi connectivity index (χ0v) is 35.9. The number of ketones is 2.